The van der Waals surface area contributed by atoms with Crippen LogP contribution >= 0.6 is 11.7 Å². The minimum atomic E-state index is -0.241. The molecule has 1 N–H and O–H groups in total. The molecule has 22 heavy (non-hydrogen) atoms. The van der Waals surface area contributed by atoms with E-state index < -0.39 is 0 Å². The molecule has 118 valence electrons. The Labute approximate surface area is 133 Å². The molecule has 1 aliphatic rings. The van der Waals surface area contributed by atoms with Crippen molar-refractivity contribution in [3.05, 3.63) is 17.7 Å². The van der Waals surface area contributed by atoms with Crippen molar-refractivity contribution in [1.29, 1.82) is 0 Å². The van der Waals surface area contributed by atoms with E-state index in [1.807, 2.05) is 0 Å². The average molecular weight is 320 g/mol. The summed E-state index contributed by atoms with van der Waals surface area (Å²) in [6.07, 6.45) is 6.04. The minimum Gasteiger partial charge on any atom is -0.508 e. The van der Waals surface area contributed by atoms with Gasteiger partial charge >= 0.3 is 5.97 Å². The molecule has 2 aromatic rings. The fourth-order valence-corrected chi connectivity index (χ4v) is 4.08. The fraction of sp³-hybridized carbons (Fsp3) is 0.562. The Kier molecular flexibility index (Phi) is 4.57. The van der Waals surface area contributed by atoms with Gasteiger partial charge in [0.25, 0.3) is 0 Å². The van der Waals surface area contributed by atoms with Gasteiger partial charge < -0.3 is 9.84 Å². The standard InChI is InChI=1S/C16H20N2O3S/c1-21-14(20)9-11(10-5-3-2-4-6-10)15-13(19)8-7-12-16(15)18-22-17-12/h7-8,10-11,19H,2-6,9H2,1H3/t11-/m0/s1. The molecule has 1 aromatic heterocycles. The third-order valence-corrected chi connectivity index (χ3v) is 5.19. The number of nitrogens with zero attached hydrogens (tertiary/aromatic N) is 2. The van der Waals surface area contributed by atoms with Crippen LogP contribution in [-0.4, -0.2) is 26.9 Å². The van der Waals surface area contributed by atoms with E-state index in [-0.39, 0.29) is 24.1 Å². The number of benzene rings is 1. The first-order valence-electron chi connectivity index (χ1n) is 7.71. The van der Waals surface area contributed by atoms with Gasteiger partial charge in [-0.05, 0) is 30.9 Å². The average Bonchev–Trinajstić information content (AvgIpc) is 3.02. The van der Waals surface area contributed by atoms with Gasteiger partial charge in [0.05, 0.1) is 25.3 Å². The summed E-state index contributed by atoms with van der Waals surface area (Å²) in [5.41, 5.74) is 2.27. The second-order valence-corrected chi connectivity index (χ2v) is 6.44. The molecule has 0 bridgehead atoms. The molecule has 1 atom stereocenters. The van der Waals surface area contributed by atoms with Crippen LogP contribution in [0.1, 0.15) is 50.0 Å². The molecule has 1 heterocycles. The van der Waals surface area contributed by atoms with Crippen molar-refractivity contribution in [2.75, 3.05) is 7.11 Å². The van der Waals surface area contributed by atoms with E-state index in [2.05, 4.69) is 8.75 Å². The number of esters is 1. The van der Waals surface area contributed by atoms with Crippen LogP contribution in [0.4, 0.5) is 0 Å². The van der Waals surface area contributed by atoms with Gasteiger partial charge in [-0.2, -0.15) is 8.75 Å². The zero-order valence-electron chi connectivity index (χ0n) is 12.6. The van der Waals surface area contributed by atoms with Crippen molar-refractivity contribution in [3.8, 4) is 5.75 Å². The normalized spacial score (nSPS) is 17.5. The Hall–Kier alpha value is -1.69. The molecule has 0 radical (unpaired) electrons. The van der Waals surface area contributed by atoms with Crippen LogP contribution in [-0.2, 0) is 9.53 Å². The fourth-order valence-electron chi connectivity index (χ4n) is 3.53. The summed E-state index contributed by atoms with van der Waals surface area (Å²) >= 11 is 1.14. The number of hydrogen-bond donors (Lipinski definition) is 1. The number of phenols is 1. The summed E-state index contributed by atoms with van der Waals surface area (Å²) in [6.45, 7) is 0. The van der Waals surface area contributed by atoms with E-state index in [9.17, 15) is 9.90 Å². The molecule has 1 fully saturated rings. The summed E-state index contributed by atoms with van der Waals surface area (Å²) in [5, 5.41) is 10.4. The van der Waals surface area contributed by atoms with Crippen molar-refractivity contribution >= 4 is 28.7 Å². The van der Waals surface area contributed by atoms with Gasteiger partial charge in [0, 0.05) is 11.5 Å². The molecule has 0 amide bonds. The van der Waals surface area contributed by atoms with Crippen LogP contribution in [0.3, 0.4) is 0 Å². The van der Waals surface area contributed by atoms with Gasteiger partial charge in [-0.15, -0.1) is 0 Å². The topological polar surface area (TPSA) is 72.3 Å². The van der Waals surface area contributed by atoms with Gasteiger partial charge in [-0.25, -0.2) is 0 Å². The van der Waals surface area contributed by atoms with E-state index >= 15 is 0 Å². The zero-order chi connectivity index (χ0) is 15.5. The summed E-state index contributed by atoms with van der Waals surface area (Å²) in [6, 6.07) is 3.43. The van der Waals surface area contributed by atoms with E-state index in [0.29, 0.717) is 5.92 Å². The van der Waals surface area contributed by atoms with Crippen molar-refractivity contribution in [1.82, 2.24) is 8.75 Å². The van der Waals surface area contributed by atoms with Crippen LogP contribution in [0.2, 0.25) is 0 Å². The van der Waals surface area contributed by atoms with Crippen LogP contribution < -0.4 is 0 Å². The first kappa shape index (κ1) is 15.2. The number of carbonyl (C=O) groups is 1. The van der Waals surface area contributed by atoms with Gasteiger partial charge in [-0.1, -0.05) is 19.3 Å². The molecule has 0 aliphatic heterocycles. The number of ether oxygens (including phenoxy) is 1. The highest BCUT2D eigenvalue weighted by Crippen LogP contribution is 2.43. The second-order valence-electron chi connectivity index (χ2n) is 5.92. The summed E-state index contributed by atoms with van der Waals surface area (Å²) in [7, 11) is 1.41. The SMILES string of the molecule is COC(=O)C[C@H](c1c(O)ccc2nsnc12)C1CCCCC1. The largest absolute Gasteiger partial charge is 0.508 e. The maximum absolute atomic E-state index is 11.9. The first-order chi connectivity index (χ1) is 10.7. The Morgan fingerprint density at radius 2 is 2.14 bits per heavy atom. The lowest BCUT2D eigenvalue weighted by atomic mass is 9.74. The van der Waals surface area contributed by atoms with Crippen LogP contribution in [0.15, 0.2) is 12.1 Å². The van der Waals surface area contributed by atoms with Crippen LogP contribution in [0, 0.1) is 5.92 Å². The predicted octanol–water partition coefficient (Wildman–Crippen LogP) is 3.62. The van der Waals surface area contributed by atoms with Gasteiger partial charge in [0.15, 0.2) is 0 Å². The van der Waals surface area contributed by atoms with Crippen LogP contribution in [0.25, 0.3) is 11.0 Å². The lowest BCUT2D eigenvalue weighted by Crippen LogP contribution is -2.20. The quantitative estimate of drug-likeness (QED) is 0.871. The molecule has 6 heteroatoms. The van der Waals surface area contributed by atoms with Gasteiger partial charge in [-0.3, -0.25) is 4.79 Å². The molecule has 1 aliphatic carbocycles. The highest BCUT2D eigenvalue weighted by molar-refractivity contribution is 7.00. The number of carbonyl (C=O) groups excluding carboxylic acids is 1. The van der Waals surface area contributed by atoms with Crippen molar-refractivity contribution < 1.29 is 14.6 Å². The van der Waals surface area contributed by atoms with E-state index in [4.69, 9.17) is 4.74 Å². The van der Waals surface area contributed by atoms with Crippen molar-refractivity contribution in [2.45, 2.75) is 44.4 Å². The Bertz CT molecular complexity index is 664. The molecule has 0 unspecified atom stereocenters. The maximum Gasteiger partial charge on any atom is 0.306 e. The lowest BCUT2D eigenvalue weighted by Gasteiger charge is -2.30. The molecular weight excluding hydrogens is 300 g/mol. The monoisotopic (exact) mass is 320 g/mol. The summed E-state index contributed by atoms with van der Waals surface area (Å²) in [4.78, 5) is 11.9. The van der Waals surface area contributed by atoms with Gasteiger partial charge in [0.1, 0.15) is 16.8 Å². The third kappa shape index (κ3) is 2.92. The predicted molar refractivity (Wildman–Crippen MR) is 85.0 cm³/mol. The highest BCUT2D eigenvalue weighted by Gasteiger charge is 2.31. The zero-order valence-corrected chi connectivity index (χ0v) is 13.4. The second kappa shape index (κ2) is 6.60. The summed E-state index contributed by atoms with van der Waals surface area (Å²) < 4.78 is 13.5. The molecule has 1 saturated carbocycles. The highest BCUT2D eigenvalue weighted by atomic mass is 32.1. The van der Waals surface area contributed by atoms with E-state index in [0.717, 1.165) is 41.2 Å². The Balaban J connectivity index is 2.04. The first-order valence-corrected chi connectivity index (χ1v) is 8.44. The van der Waals surface area contributed by atoms with E-state index in [1.165, 1.54) is 26.4 Å². The number of phenolic OH excluding ortho intramolecular Hbond substituents is 1. The number of methoxy groups -OCH3 is 1. The third-order valence-electron chi connectivity index (χ3n) is 4.65. The number of aromatic nitrogens is 2. The molecule has 3 rings (SSSR count). The number of rotatable bonds is 4. The Morgan fingerprint density at radius 3 is 2.86 bits per heavy atom. The van der Waals surface area contributed by atoms with E-state index in [1.54, 1.807) is 12.1 Å². The van der Waals surface area contributed by atoms with Gasteiger partial charge in [0.2, 0.25) is 0 Å². The summed E-state index contributed by atoms with van der Waals surface area (Å²) in [5.74, 6) is 0.293. The van der Waals surface area contributed by atoms with Crippen molar-refractivity contribution in [2.24, 2.45) is 5.92 Å². The lowest BCUT2D eigenvalue weighted by molar-refractivity contribution is -0.141. The Morgan fingerprint density at radius 1 is 1.36 bits per heavy atom. The maximum atomic E-state index is 11.9. The number of hydrogen-bond acceptors (Lipinski definition) is 6. The number of fused-ring (bicyclic) bond motifs is 1. The molecule has 0 saturated heterocycles. The van der Waals surface area contributed by atoms with Crippen molar-refractivity contribution in [3.63, 3.8) is 0 Å². The smallest absolute Gasteiger partial charge is 0.306 e. The van der Waals surface area contributed by atoms with Crippen LogP contribution in [0.5, 0.6) is 5.75 Å². The molecule has 5 nitrogen and oxygen atoms in total. The molecule has 1 aromatic carbocycles. The molecule has 0 spiro atoms. The number of aromatic hydroxyl groups is 1. The molecular formula is C16H20N2O3S. The minimum absolute atomic E-state index is 0.0552.